The Morgan fingerprint density at radius 1 is 1.00 bits per heavy atom. The third-order valence-corrected chi connectivity index (χ3v) is 6.16. The van der Waals surface area contributed by atoms with Crippen molar-refractivity contribution in [2.75, 3.05) is 23.4 Å². The number of hydrogen-bond acceptors (Lipinski definition) is 5. The first kappa shape index (κ1) is 24.3. The maximum absolute atomic E-state index is 12.5. The molecule has 1 aliphatic heterocycles. The normalized spacial score (nSPS) is 15.1. The number of carbonyl (C=O) groups is 3. The van der Waals surface area contributed by atoms with Crippen LogP contribution in [-0.4, -0.2) is 30.9 Å². The number of amides is 2. The largest absolute Gasteiger partial charge is 0.457 e. The molecule has 1 atom stereocenters. The Morgan fingerprint density at radius 2 is 1.66 bits per heavy atom. The molecular weight excluding hydrogens is 468 g/mol. The number of nitrogens with one attached hydrogen (secondary N) is 1. The van der Waals surface area contributed by atoms with E-state index in [4.69, 9.17) is 21.1 Å². The van der Waals surface area contributed by atoms with Crippen LogP contribution in [0.1, 0.15) is 17.5 Å². The summed E-state index contributed by atoms with van der Waals surface area (Å²) in [5.41, 5.74) is 3.08. The summed E-state index contributed by atoms with van der Waals surface area (Å²) in [7, 11) is 0. The highest BCUT2D eigenvalue weighted by atomic mass is 35.5. The summed E-state index contributed by atoms with van der Waals surface area (Å²) >= 11 is 6.06. The number of anilines is 2. The number of esters is 1. The number of aryl methyl sites for hydroxylation is 1. The maximum atomic E-state index is 12.5. The third-order valence-electron chi connectivity index (χ3n) is 5.75. The minimum absolute atomic E-state index is 0.0233. The van der Waals surface area contributed by atoms with Crippen molar-refractivity contribution >= 4 is 40.8 Å². The monoisotopic (exact) mass is 492 g/mol. The van der Waals surface area contributed by atoms with Gasteiger partial charge in [-0.25, -0.2) is 0 Å². The molecule has 1 aliphatic rings. The van der Waals surface area contributed by atoms with Crippen molar-refractivity contribution in [2.24, 2.45) is 5.92 Å². The molecule has 2 amide bonds. The second kappa shape index (κ2) is 10.6. The first-order valence-corrected chi connectivity index (χ1v) is 11.5. The van der Waals surface area contributed by atoms with Gasteiger partial charge in [0.2, 0.25) is 5.91 Å². The molecule has 1 heterocycles. The zero-order valence-corrected chi connectivity index (χ0v) is 20.2. The summed E-state index contributed by atoms with van der Waals surface area (Å²) < 4.78 is 11.0. The molecule has 7 nitrogen and oxygen atoms in total. The first-order valence-electron chi connectivity index (χ1n) is 11.2. The van der Waals surface area contributed by atoms with Gasteiger partial charge >= 0.3 is 5.97 Å². The van der Waals surface area contributed by atoms with Crippen molar-refractivity contribution in [3.8, 4) is 11.5 Å². The molecule has 1 N–H and O–H groups in total. The fourth-order valence-electron chi connectivity index (χ4n) is 3.74. The Morgan fingerprint density at radius 3 is 2.34 bits per heavy atom. The quantitative estimate of drug-likeness (QED) is 0.453. The van der Waals surface area contributed by atoms with Crippen molar-refractivity contribution in [2.45, 2.75) is 20.3 Å². The lowest BCUT2D eigenvalue weighted by molar-refractivity contribution is -0.151. The van der Waals surface area contributed by atoms with Crippen LogP contribution in [0.2, 0.25) is 5.02 Å². The van der Waals surface area contributed by atoms with Crippen molar-refractivity contribution in [1.29, 1.82) is 0 Å². The molecule has 0 aromatic heterocycles. The fourth-order valence-corrected chi connectivity index (χ4v) is 3.91. The fraction of sp³-hybridized carbons (Fsp3) is 0.222. The average molecular weight is 493 g/mol. The number of benzene rings is 3. The zero-order chi connectivity index (χ0) is 24.9. The van der Waals surface area contributed by atoms with Crippen molar-refractivity contribution < 1.29 is 23.9 Å². The predicted molar refractivity (Wildman–Crippen MR) is 134 cm³/mol. The van der Waals surface area contributed by atoms with E-state index in [1.807, 2.05) is 31.2 Å². The summed E-state index contributed by atoms with van der Waals surface area (Å²) in [6.45, 7) is 3.53. The highest BCUT2D eigenvalue weighted by Gasteiger charge is 2.36. The SMILES string of the molecule is Cc1ccc(Oc2ccc(N3C[C@H](C(=O)OCC(=O)Nc4cccc(Cl)c4C)CC3=O)cc2)cc1. The lowest BCUT2D eigenvalue weighted by Gasteiger charge is -2.17. The Kier molecular flexibility index (Phi) is 7.36. The van der Waals surface area contributed by atoms with Crippen LogP contribution in [0.25, 0.3) is 0 Å². The topological polar surface area (TPSA) is 84.9 Å². The highest BCUT2D eigenvalue weighted by Crippen LogP contribution is 2.29. The molecule has 0 radical (unpaired) electrons. The Bertz CT molecular complexity index is 1240. The van der Waals surface area contributed by atoms with E-state index in [1.165, 1.54) is 4.90 Å². The molecule has 180 valence electrons. The minimum Gasteiger partial charge on any atom is -0.457 e. The molecule has 35 heavy (non-hydrogen) atoms. The highest BCUT2D eigenvalue weighted by molar-refractivity contribution is 6.31. The van der Waals surface area contributed by atoms with Crippen LogP contribution >= 0.6 is 11.6 Å². The third kappa shape index (κ3) is 6.00. The standard InChI is InChI=1S/C27H25ClN2O5/c1-17-6-10-21(11-7-17)35-22-12-8-20(9-13-22)30-15-19(14-26(30)32)27(33)34-16-25(31)29-24-5-3-4-23(28)18(24)2/h3-13,19H,14-16H2,1-2H3,(H,29,31)/t19-/m1/s1. The summed E-state index contributed by atoms with van der Waals surface area (Å²) in [5, 5.41) is 3.20. The Hall–Kier alpha value is -3.84. The van der Waals surface area contributed by atoms with Crippen molar-refractivity contribution in [1.82, 2.24) is 0 Å². The van der Waals surface area contributed by atoms with E-state index in [2.05, 4.69) is 5.32 Å². The molecule has 3 aromatic rings. The average Bonchev–Trinajstić information content (AvgIpc) is 3.24. The number of nitrogens with zero attached hydrogens (tertiary/aromatic N) is 1. The number of rotatable bonds is 7. The lowest BCUT2D eigenvalue weighted by atomic mass is 10.1. The number of ether oxygens (including phenoxy) is 2. The van der Waals surface area contributed by atoms with Gasteiger partial charge in [0.05, 0.1) is 5.92 Å². The van der Waals surface area contributed by atoms with Gasteiger partial charge in [-0.2, -0.15) is 0 Å². The molecule has 0 aliphatic carbocycles. The molecule has 3 aromatic carbocycles. The Labute approximate surface area is 208 Å². The molecule has 0 spiro atoms. The molecule has 4 rings (SSSR count). The summed E-state index contributed by atoms with van der Waals surface area (Å²) in [6, 6.07) is 20.0. The molecule has 0 unspecified atom stereocenters. The lowest BCUT2D eigenvalue weighted by Crippen LogP contribution is -2.28. The van der Waals surface area contributed by atoms with Gasteiger partial charge in [-0.15, -0.1) is 0 Å². The maximum Gasteiger partial charge on any atom is 0.311 e. The van der Waals surface area contributed by atoms with Crippen molar-refractivity contribution in [3.63, 3.8) is 0 Å². The van der Waals surface area contributed by atoms with E-state index >= 15 is 0 Å². The smallest absolute Gasteiger partial charge is 0.311 e. The van der Waals surface area contributed by atoms with Gasteiger partial charge in [0.1, 0.15) is 11.5 Å². The van der Waals surface area contributed by atoms with E-state index in [0.29, 0.717) is 22.1 Å². The van der Waals surface area contributed by atoms with Gasteiger partial charge in [0.15, 0.2) is 6.61 Å². The predicted octanol–water partition coefficient (Wildman–Crippen LogP) is 5.28. The van der Waals surface area contributed by atoms with E-state index in [-0.39, 0.29) is 18.9 Å². The van der Waals surface area contributed by atoms with Crippen LogP contribution in [-0.2, 0) is 19.1 Å². The summed E-state index contributed by atoms with van der Waals surface area (Å²) in [6.07, 6.45) is 0.0233. The van der Waals surface area contributed by atoms with Gasteiger partial charge in [-0.3, -0.25) is 14.4 Å². The first-order chi connectivity index (χ1) is 16.8. The van der Waals surface area contributed by atoms with Crippen molar-refractivity contribution in [3.05, 3.63) is 82.9 Å². The van der Waals surface area contributed by atoms with E-state index in [0.717, 1.165) is 16.9 Å². The van der Waals surface area contributed by atoms with Crippen LogP contribution in [0.5, 0.6) is 11.5 Å². The molecule has 1 saturated heterocycles. The minimum atomic E-state index is -0.647. The number of halogens is 1. The van der Waals surface area contributed by atoms with Gasteiger partial charge in [0.25, 0.3) is 5.91 Å². The number of hydrogen-bond donors (Lipinski definition) is 1. The van der Waals surface area contributed by atoms with Gasteiger partial charge in [0, 0.05) is 29.4 Å². The van der Waals surface area contributed by atoms with Crippen LogP contribution in [0.15, 0.2) is 66.7 Å². The van der Waals surface area contributed by atoms with E-state index in [9.17, 15) is 14.4 Å². The van der Waals surface area contributed by atoms with Crippen LogP contribution in [0.4, 0.5) is 11.4 Å². The van der Waals surface area contributed by atoms with Gasteiger partial charge < -0.3 is 19.7 Å². The summed E-state index contributed by atoms with van der Waals surface area (Å²) in [5.74, 6) is -0.531. The second-order valence-corrected chi connectivity index (χ2v) is 8.79. The second-order valence-electron chi connectivity index (χ2n) is 8.38. The van der Waals surface area contributed by atoms with E-state index < -0.39 is 24.4 Å². The van der Waals surface area contributed by atoms with Gasteiger partial charge in [-0.05, 0) is 67.9 Å². The van der Waals surface area contributed by atoms with Crippen LogP contribution < -0.4 is 15.0 Å². The number of carbonyl (C=O) groups excluding carboxylic acids is 3. The Balaban J connectivity index is 1.30. The van der Waals surface area contributed by atoms with E-state index in [1.54, 1.807) is 49.4 Å². The molecule has 1 fully saturated rings. The zero-order valence-electron chi connectivity index (χ0n) is 19.4. The van der Waals surface area contributed by atoms with Crippen LogP contribution in [0, 0.1) is 19.8 Å². The summed E-state index contributed by atoms with van der Waals surface area (Å²) in [4.78, 5) is 38.8. The molecular formula is C27H25ClN2O5. The molecule has 0 saturated carbocycles. The van der Waals surface area contributed by atoms with Crippen LogP contribution in [0.3, 0.4) is 0 Å². The molecule has 0 bridgehead atoms. The van der Waals surface area contributed by atoms with Gasteiger partial charge in [-0.1, -0.05) is 35.4 Å². The molecule has 8 heteroatoms.